The van der Waals surface area contributed by atoms with Gasteiger partial charge in [0.2, 0.25) is 12.7 Å². The van der Waals surface area contributed by atoms with Gasteiger partial charge in [-0.2, -0.15) is 0 Å². The van der Waals surface area contributed by atoms with Gasteiger partial charge in [0.05, 0.1) is 6.42 Å². The van der Waals surface area contributed by atoms with Gasteiger partial charge in [0, 0.05) is 6.04 Å². The van der Waals surface area contributed by atoms with Crippen LogP contribution in [0.2, 0.25) is 0 Å². The predicted octanol–water partition coefficient (Wildman–Crippen LogP) is 2.20. The average molecular weight is 331 g/mol. The fourth-order valence-electron chi connectivity index (χ4n) is 4.36. The summed E-state index contributed by atoms with van der Waals surface area (Å²) in [4.78, 5) is 26.2. The van der Waals surface area contributed by atoms with E-state index in [-0.39, 0.29) is 25.2 Å². The number of carbonyl (C=O) groups excluding carboxylic acids is 1. The number of carbonyl (C=O) groups is 2. The lowest BCUT2D eigenvalue weighted by molar-refractivity contribution is -0.149. The van der Waals surface area contributed by atoms with Gasteiger partial charge in [0.25, 0.3) is 0 Å². The highest BCUT2D eigenvalue weighted by Crippen LogP contribution is 2.40. The molecule has 3 atom stereocenters. The number of amides is 1. The van der Waals surface area contributed by atoms with Crippen LogP contribution in [0.1, 0.15) is 37.7 Å². The van der Waals surface area contributed by atoms with Crippen LogP contribution >= 0.6 is 0 Å². The second-order valence-electron chi connectivity index (χ2n) is 6.87. The van der Waals surface area contributed by atoms with Gasteiger partial charge in [0.1, 0.15) is 6.04 Å². The number of ether oxygens (including phenoxy) is 2. The maximum atomic E-state index is 12.9. The van der Waals surface area contributed by atoms with E-state index in [0.29, 0.717) is 23.8 Å². The summed E-state index contributed by atoms with van der Waals surface area (Å²) in [5.74, 6) is 0.676. The summed E-state index contributed by atoms with van der Waals surface area (Å²) in [6.45, 7) is 0.198. The summed E-state index contributed by atoms with van der Waals surface area (Å²) in [6, 6.07) is 4.86. The van der Waals surface area contributed by atoms with Crippen molar-refractivity contribution >= 4 is 11.9 Å². The smallest absolute Gasteiger partial charge is 0.326 e. The highest BCUT2D eigenvalue weighted by molar-refractivity contribution is 5.86. The van der Waals surface area contributed by atoms with Crippen LogP contribution in [0.3, 0.4) is 0 Å². The molecule has 3 aliphatic rings. The molecule has 1 aromatic rings. The van der Waals surface area contributed by atoms with Crippen molar-refractivity contribution < 1.29 is 24.2 Å². The molecule has 1 N–H and O–H groups in total. The fourth-order valence-corrected chi connectivity index (χ4v) is 4.36. The Morgan fingerprint density at radius 2 is 1.96 bits per heavy atom. The number of aliphatic carboxylic acids is 1. The molecule has 1 saturated heterocycles. The molecule has 1 saturated carbocycles. The van der Waals surface area contributed by atoms with Crippen LogP contribution < -0.4 is 9.47 Å². The van der Waals surface area contributed by atoms with Gasteiger partial charge in [-0.15, -0.1) is 0 Å². The molecule has 6 heteroatoms. The minimum atomic E-state index is -0.886. The van der Waals surface area contributed by atoms with E-state index in [4.69, 9.17) is 9.47 Å². The van der Waals surface area contributed by atoms with Crippen LogP contribution in [0, 0.1) is 5.92 Å². The Morgan fingerprint density at radius 1 is 1.17 bits per heavy atom. The topological polar surface area (TPSA) is 76.1 Å². The number of carboxylic acid groups (broad SMARTS) is 1. The molecule has 0 bridgehead atoms. The first-order valence-electron chi connectivity index (χ1n) is 8.56. The summed E-state index contributed by atoms with van der Waals surface area (Å²) < 4.78 is 10.6. The first kappa shape index (κ1) is 15.3. The molecule has 4 rings (SSSR count). The van der Waals surface area contributed by atoms with Crippen LogP contribution in [0.15, 0.2) is 18.2 Å². The largest absolute Gasteiger partial charge is 0.480 e. The second-order valence-corrected chi connectivity index (χ2v) is 6.87. The zero-order chi connectivity index (χ0) is 16.7. The van der Waals surface area contributed by atoms with Crippen molar-refractivity contribution in [2.75, 3.05) is 6.79 Å². The zero-order valence-corrected chi connectivity index (χ0v) is 13.4. The molecular weight excluding hydrogens is 310 g/mol. The maximum absolute atomic E-state index is 12.9. The average Bonchev–Trinajstić information content (AvgIpc) is 3.18. The van der Waals surface area contributed by atoms with Crippen molar-refractivity contribution in [1.82, 2.24) is 4.90 Å². The van der Waals surface area contributed by atoms with Crippen LogP contribution in [0.4, 0.5) is 0 Å². The van der Waals surface area contributed by atoms with E-state index in [9.17, 15) is 14.7 Å². The fraction of sp³-hybridized carbons (Fsp3) is 0.556. The van der Waals surface area contributed by atoms with Gasteiger partial charge in [0.15, 0.2) is 11.5 Å². The van der Waals surface area contributed by atoms with E-state index in [1.54, 1.807) is 11.0 Å². The Bertz CT molecular complexity index is 673. The van der Waals surface area contributed by atoms with Crippen molar-refractivity contribution in [3.05, 3.63) is 23.8 Å². The molecule has 1 aliphatic carbocycles. The molecule has 2 heterocycles. The van der Waals surface area contributed by atoms with Crippen molar-refractivity contribution in [2.24, 2.45) is 5.92 Å². The third-order valence-electron chi connectivity index (χ3n) is 5.45. The molecule has 0 spiro atoms. The molecular formula is C18H21NO5. The molecule has 128 valence electrons. The maximum Gasteiger partial charge on any atom is 0.326 e. The van der Waals surface area contributed by atoms with Crippen molar-refractivity contribution in [2.45, 2.75) is 50.6 Å². The number of fused-ring (bicyclic) bond motifs is 2. The Hall–Kier alpha value is -2.24. The third kappa shape index (κ3) is 2.60. The molecule has 2 fully saturated rings. The first-order valence-corrected chi connectivity index (χ1v) is 8.56. The second kappa shape index (κ2) is 6.00. The van der Waals surface area contributed by atoms with Crippen molar-refractivity contribution in [3.8, 4) is 11.5 Å². The lowest BCUT2D eigenvalue weighted by Gasteiger charge is -2.33. The summed E-state index contributed by atoms with van der Waals surface area (Å²) in [5, 5.41) is 9.54. The third-order valence-corrected chi connectivity index (χ3v) is 5.45. The van der Waals surface area contributed by atoms with Crippen LogP contribution in [0.5, 0.6) is 11.5 Å². The Morgan fingerprint density at radius 3 is 2.79 bits per heavy atom. The molecule has 2 aliphatic heterocycles. The van der Waals surface area contributed by atoms with E-state index in [1.165, 1.54) is 0 Å². The van der Waals surface area contributed by atoms with Crippen LogP contribution in [0.25, 0.3) is 0 Å². The molecule has 6 nitrogen and oxygen atoms in total. The number of hydrogen-bond donors (Lipinski definition) is 1. The summed E-state index contributed by atoms with van der Waals surface area (Å²) >= 11 is 0. The summed E-state index contributed by atoms with van der Waals surface area (Å²) in [7, 11) is 0. The highest BCUT2D eigenvalue weighted by atomic mass is 16.7. The summed E-state index contributed by atoms with van der Waals surface area (Å²) in [5.41, 5.74) is 0.827. The van der Waals surface area contributed by atoms with Gasteiger partial charge in [-0.25, -0.2) is 4.79 Å². The predicted molar refractivity (Wildman–Crippen MR) is 84.9 cm³/mol. The Balaban J connectivity index is 1.54. The Kier molecular flexibility index (Phi) is 3.82. The number of likely N-dealkylation sites (tertiary alicyclic amines) is 1. The number of benzene rings is 1. The Labute approximate surface area is 140 Å². The molecule has 0 radical (unpaired) electrons. The lowest BCUT2D eigenvalue weighted by atomic mass is 9.84. The molecule has 3 unspecified atom stereocenters. The number of hydrogen-bond acceptors (Lipinski definition) is 4. The van der Waals surface area contributed by atoms with Crippen LogP contribution in [-0.4, -0.2) is 40.8 Å². The van der Waals surface area contributed by atoms with Gasteiger partial charge in [-0.1, -0.05) is 18.9 Å². The molecule has 1 aromatic carbocycles. The number of rotatable bonds is 3. The van der Waals surface area contributed by atoms with Gasteiger partial charge >= 0.3 is 5.97 Å². The van der Waals surface area contributed by atoms with Gasteiger partial charge in [-0.3, -0.25) is 4.79 Å². The normalized spacial score (nSPS) is 27.8. The SMILES string of the molecule is O=C(O)C1CC2CCCCC2N1C(=O)Cc1ccc2c(c1)OCO2. The summed E-state index contributed by atoms with van der Waals surface area (Å²) in [6.07, 6.45) is 4.94. The molecule has 24 heavy (non-hydrogen) atoms. The standard InChI is InChI=1S/C18H21NO5/c20-17(8-11-5-6-15-16(7-11)24-10-23-15)19-13-4-2-1-3-12(13)9-14(19)18(21)22/h5-7,12-14H,1-4,8-10H2,(H,21,22). The van der Waals surface area contributed by atoms with E-state index in [0.717, 1.165) is 31.2 Å². The quantitative estimate of drug-likeness (QED) is 0.919. The van der Waals surface area contributed by atoms with Crippen molar-refractivity contribution in [1.29, 1.82) is 0 Å². The van der Waals surface area contributed by atoms with E-state index < -0.39 is 12.0 Å². The van der Waals surface area contributed by atoms with Gasteiger partial charge in [-0.05, 0) is 42.9 Å². The minimum Gasteiger partial charge on any atom is -0.480 e. The number of carboxylic acids is 1. The minimum absolute atomic E-state index is 0.0846. The van der Waals surface area contributed by atoms with E-state index >= 15 is 0 Å². The van der Waals surface area contributed by atoms with E-state index in [2.05, 4.69) is 0 Å². The number of nitrogens with zero attached hydrogens (tertiary/aromatic N) is 1. The van der Waals surface area contributed by atoms with Crippen LogP contribution in [-0.2, 0) is 16.0 Å². The monoisotopic (exact) mass is 331 g/mol. The lowest BCUT2D eigenvalue weighted by Crippen LogP contribution is -2.46. The highest BCUT2D eigenvalue weighted by Gasteiger charge is 2.47. The molecule has 0 aromatic heterocycles. The first-order chi connectivity index (χ1) is 11.6. The zero-order valence-electron chi connectivity index (χ0n) is 13.4. The van der Waals surface area contributed by atoms with Gasteiger partial charge < -0.3 is 19.5 Å². The van der Waals surface area contributed by atoms with E-state index in [1.807, 2.05) is 12.1 Å². The molecule has 1 amide bonds. The van der Waals surface area contributed by atoms with Crippen molar-refractivity contribution in [3.63, 3.8) is 0 Å².